The Morgan fingerprint density at radius 1 is 1.24 bits per heavy atom. The van der Waals surface area contributed by atoms with Crippen LogP contribution in [0.25, 0.3) is 0 Å². The van der Waals surface area contributed by atoms with E-state index in [1.165, 1.54) is 0 Å². The van der Waals surface area contributed by atoms with Gasteiger partial charge in [-0.3, -0.25) is 9.83 Å². The summed E-state index contributed by atoms with van der Waals surface area (Å²) in [7, 11) is 0. The van der Waals surface area contributed by atoms with Gasteiger partial charge in [0, 0.05) is 11.8 Å². The average molecular weight is 437 g/mol. The summed E-state index contributed by atoms with van der Waals surface area (Å²) in [5, 5.41) is 9.02. The minimum atomic E-state index is -3.61. The van der Waals surface area contributed by atoms with Crippen LogP contribution in [-0.2, 0) is 37.9 Å². The van der Waals surface area contributed by atoms with Crippen molar-refractivity contribution < 1.29 is 51.9 Å². The molecule has 4 saturated carbocycles. The van der Waals surface area contributed by atoms with Crippen LogP contribution in [0.3, 0.4) is 0 Å². The van der Waals surface area contributed by atoms with E-state index in [-0.39, 0.29) is 24.4 Å². The summed E-state index contributed by atoms with van der Waals surface area (Å²) in [6.45, 7) is -1.07. The van der Waals surface area contributed by atoms with Gasteiger partial charge in [-0.05, 0) is 38.0 Å². The largest absolute Gasteiger partial charge is 0.691 e. The molecule has 4 atom stereocenters. The third kappa shape index (κ3) is 3.07. The molecule has 2 saturated heterocycles. The Morgan fingerprint density at radius 3 is 2.62 bits per heavy atom. The molecule has 6 aliphatic rings. The van der Waals surface area contributed by atoms with E-state index >= 15 is 0 Å². The van der Waals surface area contributed by atoms with Crippen molar-refractivity contribution in [3.05, 3.63) is 0 Å². The van der Waals surface area contributed by atoms with Gasteiger partial charge >= 0.3 is 17.2 Å². The van der Waals surface area contributed by atoms with Crippen LogP contribution in [0.2, 0.25) is 0 Å². The van der Waals surface area contributed by atoms with E-state index in [9.17, 15) is 23.6 Å². The van der Waals surface area contributed by atoms with Gasteiger partial charge in [-0.1, -0.05) is 0 Å². The Labute approximate surface area is 168 Å². The number of esters is 2. The Kier molecular flexibility index (Phi) is 4.61. The van der Waals surface area contributed by atoms with Crippen molar-refractivity contribution in [2.75, 3.05) is 13.2 Å². The first kappa shape index (κ1) is 19.9. The molecular formula is C17H19F2O9S-. The van der Waals surface area contributed by atoms with E-state index in [1.807, 2.05) is 0 Å². The van der Waals surface area contributed by atoms with Crippen LogP contribution in [0.1, 0.15) is 32.1 Å². The topological polar surface area (TPSA) is 113 Å². The predicted octanol–water partition coefficient (Wildman–Crippen LogP) is 0.857. The average Bonchev–Trinajstić information content (AvgIpc) is 3.22. The number of cyclic esters (lactones) is 1. The van der Waals surface area contributed by atoms with Crippen LogP contribution in [0, 0.1) is 23.2 Å². The molecule has 4 unspecified atom stereocenters. The van der Waals surface area contributed by atoms with Crippen LogP contribution >= 0.6 is 12.0 Å². The zero-order valence-electron chi connectivity index (χ0n) is 15.2. The fourth-order valence-electron chi connectivity index (χ4n) is 6.12. The van der Waals surface area contributed by atoms with E-state index in [2.05, 4.69) is 9.37 Å². The molecule has 1 spiro atoms. The molecule has 0 aromatic rings. The summed E-state index contributed by atoms with van der Waals surface area (Å²) >= 11 is -0.507. The fraction of sp³-hybridized carbons (Fsp3) is 0.882. The van der Waals surface area contributed by atoms with Crippen molar-refractivity contribution in [3.63, 3.8) is 0 Å². The number of halogens is 2. The molecule has 162 valence electrons. The minimum absolute atomic E-state index is 0.119. The van der Waals surface area contributed by atoms with Gasteiger partial charge in [0.05, 0.1) is 5.41 Å². The number of fused-ring (bicyclic) bond motifs is 1. The zero-order chi connectivity index (χ0) is 20.4. The Balaban J connectivity index is 1.30. The first-order valence-electron chi connectivity index (χ1n) is 9.49. The molecular weight excluding hydrogens is 418 g/mol. The van der Waals surface area contributed by atoms with Gasteiger partial charge in [-0.2, -0.15) is 13.1 Å². The van der Waals surface area contributed by atoms with Crippen LogP contribution in [-0.4, -0.2) is 48.4 Å². The van der Waals surface area contributed by atoms with E-state index in [4.69, 9.17) is 18.9 Å². The van der Waals surface area contributed by atoms with Crippen molar-refractivity contribution in [1.82, 2.24) is 0 Å². The summed E-state index contributed by atoms with van der Waals surface area (Å²) in [6, 6.07) is 0. The molecule has 6 fully saturated rings. The zero-order valence-corrected chi connectivity index (χ0v) is 16.0. The maximum Gasteiger partial charge on any atom is 0.354 e. The first-order chi connectivity index (χ1) is 13.8. The fourth-order valence-corrected chi connectivity index (χ4v) is 6.35. The quantitative estimate of drug-likeness (QED) is 0.257. The van der Waals surface area contributed by atoms with Crippen LogP contribution in [0.15, 0.2) is 0 Å². The molecule has 2 aliphatic heterocycles. The van der Waals surface area contributed by atoms with Gasteiger partial charge in [0.1, 0.15) is 24.8 Å². The third-order valence-corrected chi connectivity index (χ3v) is 7.41. The Morgan fingerprint density at radius 2 is 1.97 bits per heavy atom. The lowest BCUT2D eigenvalue weighted by Crippen LogP contribution is -2.64. The third-order valence-electron chi connectivity index (χ3n) is 6.92. The van der Waals surface area contributed by atoms with E-state index in [1.54, 1.807) is 0 Å². The number of hydrogen-bond acceptors (Lipinski definition) is 10. The molecule has 0 aromatic heterocycles. The summed E-state index contributed by atoms with van der Waals surface area (Å²) in [5.74, 6) is -2.03. The highest BCUT2D eigenvalue weighted by atomic mass is 32.2. The molecule has 29 heavy (non-hydrogen) atoms. The van der Waals surface area contributed by atoms with Crippen molar-refractivity contribution in [1.29, 1.82) is 0 Å². The Hall–Kier alpha value is -1.05. The second-order valence-electron chi connectivity index (χ2n) is 8.60. The van der Waals surface area contributed by atoms with E-state index in [0.29, 0.717) is 19.3 Å². The summed E-state index contributed by atoms with van der Waals surface area (Å²) < 4.78 is 53.1. The van der Waals surface area contributed by atoms with E-state index in [0.717, 1.165) is 12.8 Å². The van der Waals surface area contributed by atoms with Crippen molar-refractivity contribution in [2.45, 2.75) is 55.4 Å². The number of carbonyl (C=O) groups is 2. The van der Waals surface area contributed by atoms with Crippen molar-refractivity contribution in [2.24, 2.45) is 23.2 Å². The normalized spacial score (nSPS) is 44.9. The van der Waals surface area contributed by atoms with Gasteiger partial charge in [0.25, 0.3) is 0 Å². The van der Waals surface area contributed by atoms with Gasteiger partial charge in [0.2, 0.25) is 0 Å². The minimum Gasteiger partial charge on any atom is -0.691 e. The number of ether oxygens (including phenoxy) is 4. The molecule has 0 radical (unpaired) electrons. The number of carbonyl (C=O) groups excluding carboxylic acids is 2. The second kappa shape index (κ2) is 6.72. The molecule has 12 heteroatoms. The smallest absolute Gasteiger partial charge is 0.354 e. The lowest BCUT2D eigenvalue weighted by molar-refractivity contribution is -0.777. The molecule has 2 heterocycles. The summed E-state index contributed by atoms with van der Waals surface area (Å²) in [4.78, 5) is 24.7. The van der Waals surface area contributed by atoms with Crippen LogP contribution in [0.5, 0.6) is 0 Å². The Bertz CT molecular complexity index is 703. The standard InChI is InChI=1S/C17H20F2O9S/c18-16(19,29-28-27-22)7-24-14(21)15-3-8-1-9(4-15)17(10(2-8)5-15)25-11-6-23-13(20)12(11)26-17/h8-12,22H,1-7H2/p-1. The maximum absolute atomic E-state index is 13.6. The number of alkyl halides is 2. The molecule has 4 bridgehead atoms. The molecule has 6 rings (SSSR count). The highest BCUT2D eigenvalue weighted by Gasteiger charge is 2.71. The lowest BCUT2D eigenvalue weighted by atomic mass is 9.47. The van der Waals surface area contributed by atoms with Crippen molar-refractivity contribution >= 4 is 24.0 Å². The van der Waals surface area contributed by atoms with Crippen LogP contribution in [0.4, 0.5) is 8.78 Å². The van der Waals surface area contributed by atoms with Gasteiger partial charge < -0.3 is 24.2 Å². The van der Waals surface area contributed by atoms with Gasteiger partial charge in [-0.25, -0.2) is 4.79 Å². The van der Waals surface area contributed by atoms with Crippen molar-refractivity contribution in [3.8, 4) is 0 Å². The molecule has 0 aromatic carbocycles. The van der Waals surface area contributed by atoms with E-state index < -0.39 is 59.3 Å². The van der Waals surface area contributed by atoms with Gasteiger partial charge in [-0.15, -0.1) is 0 Å². The predicted molar refractivity (Wildman–Crippen MR) is 85.1 cm³/mol. The maximum atomic E-state index is 13.6. The monoisotopic (exact) mass is 437 g/mol. The lowest BCUT2D eigenvalue weighted by Gasteiger charge is -2.61. The molecule has 0 N–H and O–H groups in total. The molecule has 9 nitrogen and oxygen atoms in total. The van der Waals surface area contributed by atoms with Crippen LogP contribution < -0.4 is 5.26 Å². The first-order valence-corrected chi connectivity index (χ1v) is 10.2. The summed E-state index contributed by atoms with van der Waals surface area (Å²) in [5.41, 5.74) is -0.872. The molecule has 0 amide bonds. The highest BCUT2D eigenvalue weighted by molar-refractivity contribution is 7.95. The highest BCUT2D eigenvalue weighted by Crippen LogP contribution is 2.67. The second-order valence-corrected chi connectivity index (χ2v) is 9.50. The van der Waals surface area contributed by atoms with Gasteiger partial charge in [0.15, 0.2) is 18.5 Å². The number of rotatable bonds is 6. The SMILES string of the molecule is O=C1OCC2OC3(OC12)C1CC2CC3CC(C(=O)OCC(F)(F)SOO[O-])(C2)C1. The molecule has 4 aliphatic carbocycles. The number of hydrogen-bond donors (Lipinski definition) is 0. The summed E-state index contributed by atoms with van der Waals surface area (Å²) in [6.07, 6.45) is 1.76.